The molecule has 1 fully saturated rings. The normalized spacial score (nSPS) is 19.1. The van der Waals surface area contributed by atoms with Gasteiger partial charge >= 0.3 is 6.03 Å². The highest BCUT2D eigenvalue weighted by atomic mass is 35.5. The number of imide groups is 1. The number of hydrogen-bond acceptors (Lipinski definition) is 5. The van der Waals surface area contributed by atoms with Gasteiger partial charge in [-0.1, -0.05) is 66.1 Å². The molecular weight excluding hydrogens is 380 g/mol. The van der Waals surface area contributed by atoms with Gasteiger partial charge in [0, 0.05) is 10.6 Å². The van der Waals surface area contributed by atoms with Crippen LogP contribution in [0, 0.1) is 0 Å². The van der Waals surface area contributed by atoms with Gasteiger partial charge in [-0.25, -0.2) is 4.79 Å². The quantitative estimate of drug-likeness (QED) is 0.663. The molecule has 7 nitrogen and oxygen atoms in total. The predicted octanol–water partition coefficient (Wildman–Crippen LogP) is 3.75. The summed E-state index contributed by atoms with van der Waals surface area (Å²) in [6.45, 7) is 1.75. The maximum Gasteiger partial charge on any atom is 0.325 e. The number of carbonyl (C=O) groups excluding carboxylic acids is 2. The zero-order valence-electron chi connectivity index (χ0n) is 15.1. The second-order valence-corrected chi connectivity index (χ2v) is 6.90. The van der Waals surface area contributed by atoms with Crippen molar-refractivity contribution in [1.82, 2.24) is 20.4 Å². The molecule has 0 radical (unpaired) electrons. The molecule has 2 heterocycles. The number of amides is 3. The Hall–Kier alpha value is -3.19. The lowest BCUT2D eigenvalue weighted by Crippen LogP contribution is -2.43. The van der Waals surface area contributed by atoms with Gasteiger partial charge in [0.05, 0.1) is 0 Å². The molecule has 0 spiro atoms. The summed E-state index contributed by atoms with van der Waals surface area (Å²) in [4.78, 5) is 31.1. The molecule has 8 heteroatoms. The number of urea groups is 1. The summed E-state index contributed by atoms with van der Waals surface area (Å²) in [7, 11) is 0. The van der Waals surface area contributed by atoms with Gasteiger partial charge < -0.3 is 9.84 Å². The van der Waals surface area contributed by atoms with Crippen molar-refractivity contribution >= 4 is 23.5 Å². The minimum Gasteiger partial charge on any atom is -0.337 e. The molecule has 1 saturated heterocycles. The van der Waals surface area contributed by atoms with Crippen molar-refractivity contribution in [3.63, 3.8) is 0 Å². The Morgan fingerprint density at radius 3 is 2.50 bits per heavy atom. The van der Waals surface area contributed by atoms with Crippen molar-refractivity contribution in [2.24, 2.45) is 0 Å². The lowest BCUT2D eigenvalue weighted by atomic mass is 9.87. The minimum absolute atomic E-state index is 0.0974. The van der Waals surface area contributed by atoms with Crippen LogP contribution in [0.2, 0.25) is 5.02 Å². The summed E-state index contributed by atoms with van der Waals surface area (Å²) in [5, 5.41) is 7.31. The van der Waals surface area contributed by atoms with E-state index in [9.17, 15) is 9.59 Å². The second kappa shape index (κ2) is 7.09. The van der Waals surface area contributed by atoms with Crippen molar-refractivity contribution in [3.05, 3.63) is 71.1 Å². The first-order valence-corrected chi connectivity index (χ1v) is 9.19. The number of benzene rings is 2. The van der Waals surface area contributed by atoms with E-state index < -0.39 is 11.6 Å². The van der Waals surface area contributed by atoms with Crippen molar-refractivity contribution in [1.29, 1.82) is 0 Å². The minimum atomic E-state index is -1.13. The summed E-state index contributed by atoms with van der Waals surface area (Å²) >= 11 is 5.95. The Morgan fingerprint density at radius 1 is 1.11 bits per heavy atom. The molecule has 0 unspecified atom stereocenters. The standard InChI is InChI=1S/C20H17ClN4O3/c1-2-20(14-8-10-15(21)11-9-14)18(26)25(19(27)23-20)12-16-22-17(24-28-16)13-6-4-3-5-7-13/h3-11H,2,12H2,1H3,(H,23,27)/t20-/m1/s1. The van der Waals surface area contributed by atoms with Crippen LogP contribution < -0.4 is 5.32 Å². The third-order valence-electron chi connectivity index (χ3n) is 4.84. The summed E-state index contributed by atoms with van der Waals surface area (Å²) in [6, 6.07) is 15.7. The Bertz CT molecular complexity index is 1020. The predicted molar refractivity (Wildman–Crippen MR) is 102 cm³/mol. The number of rotatable bonds is 5. The SMILES string of the molecule is CC[C@]1(c2ccc(Cl)cc2)NC(=O)N(Cc2nc(-c3ccccc3)no2)C1=O. The van der Waals surface area contributed by atoms with Crippen LogP contribution in [-0.4, -0.2) is 27.0 Å². The molecule has 0 bridgehead atoms. The third-order valence-corrected chi connectivity index (χ3v) is 5.09. The van der Waals surface area contributed by atoms with Gasteiger partial charge in [0.25, 0.3) is 5.91 Å². The number of carbonyl (C=O) groups is 2. The monoisotopic (exact) mass is 396 g/mol. The van der Waals surface area contributed by atoms with E-state index in [1.54, 1.807) is 24.3 Å². The number of aromatic nitrogens is 2. The average Bonchev–Trinajstić information content (AvgIpc) is 3.28. The first-order chi connectivity index (χ1) is 13.5. The van der Waals surface area contributed by atoms with Gasteiger partial charge in [-0.3, -0.25) is 9.69 Å². The summed E-state index contributed by atoms with van der Waals surface area (Å²) in [5.41, 5.74) is 0.332. The molecule has 1 aliphatic heterocycles. The highest BCUT2D eigenvalue weighted by Gasteiger charge is 2.51. The third kappa shape index (κ3) is 3.03. The molecule has 1 aliphatic rings. The van der Waals surface area contributed by atoms with E-state index >= 15 is 0 Å². The molecular formula is C20H17ClN4O3. The van der Waals surface area contributed by atoms with Crippen LogP contribution in [0.5, 0.6) is 0 Å². The number of hydrogen-bond donors (Lipinski definition) is 1. The van der Waals surface area contributed by atoms with E-state index in [1.165, 1.54) is 0 Å². The van der Waals surface area contributed by atoms with Gasteiger partial charge in [-0.2, -0.15) is 4.98 Å². The zero-order valence-corrected chi connectivity index (χ0v) is 15.8. The fraction of sp³-hybridized carbons (Fsp3) is 0.200. The van der Waals surface area contributed by atoms with Crippen molar-refractivity contribution < 1.29 is 14.1 Å². The lowest BCUT2D eigenvalue weighted by Gasteiger charge is -2.25. The van der Waals surface area contributed by atoms with Crippen molar-refractivity contribution in [2.45, 2.75) is 25.4 Å². The van der Waals surface area contributed by atoms with Crippen LogP contribution in [0.4, 0.5) is 4.79 Å². The average molecular weight is 397 g/mol. The van der Waals surface area contributed by atoms with Crippen LogP contribution in [0.1, 0.15) is 24.8 Å². The Balaban J connectivity index is 1.59. The zero-order chi connectivity index (χ0) is 19.7. The molecule has 2 aromatic carbocycles. The van der Waals surface area contributed by atoms with Gasteiger partial charge in [-0.05, 0) is 24.1 Å². The molecule has 1 atom stereocenters. The van der Waals surface area contributed by atoms with Crippen LogP contribution in [0.3, 0.4) is 0 Å². The summed E-state index contributed by atoms with van der Waals surface area (Å²) in [5.74, 6) is 0.231. The molecule has 1 aromatic heterocycles. The maximum atomic E-state index is 13.2. The van der Waals surface area contributed by atoms with Crippen LogP contribution in [0.15, 0.2) is 59.1 Å². The summed E-state index contributed by atoms with van der Waals surface area (Å²) in [6.07, 6.45) is 0.398. The molecule has 142 valence electrons. The van der Waals surface area contributed by atoms with Crippen LogP contribution in [-0.2, 0) is 16.9 Å². The van der Waals surface area contributed by atoms with E-state index in [2.05, 4.69) is 15.5 Å². The molecule has 0 saturated carbocycles. The van der Waals surface area contributed by atoms with Gasteiger partial charge in [0.15, 0.2) is 0 Å². The van der Waals surface area contributed by atoms with Gasteiger partial charge in [0.2, 0.25) is 11.7 Å². The molecule has 3 amide bonds. The van der Waals surface area contributed by atoms with E-state index in [0.717, 1.165) is 10.5 Å². The molecule has 3 aromatic rings. The van der Waals surface area contributed by atoms with Crippen molar-refractivity contribution in [3.8, 4) is 11.4 Å². The Labute approximate surface area is 166 Å². The Morgan fingerprint density at radius 2 is 1.82 bits per heavy atom. The number of nitrogens with one attached hydrogen (secondary N) is 1. The largest absolute Gasteiger partial charge is 0.337 e. The second-order valence-electron chi connectivity index (χ2n) is 6.46. The van der Waals surface area contributed by atoms with Crippen LogP contribution in [0.25, 0.3) is 11.4 Å². The highest BCUT2D eigenvalue weighted by molar-refractivity contribution is 6.30. The number of halogens is 1. The van der Waals surface area contributed by atoms with Gasteiger partial charge in [-0.15, -0.1) is 0 Å². The fourth-order valence-electron chi connectivity index (χ4n) is 3.30. The number of nitrogens with zero attached hydrogens (tertiary/aromatic N) is 3. The fourth-order valence-corrected chi connectivity index (χ4v) is 3.43. The van der Waals surface area contributed by atoms with Gasteiger partial charge in [0.1, 0.15) is 12.1 Å². The smallest absolute Gasteiger partial charge is 0.325 e. The summed E-state index contributed by atoms with van der Waals surface area (Å²) < 4.78 is 5.25. The lowest BCUT2D eigenvalue weighted by molar-refractivity contribution is -0.132. The van der Waals surface area contributed by atoms with E-state index in [4.69, 9.17) is 16.1 Å². The Kier molecular flexibility index (Phi) is 4.60. The van der Waals surface area contributed by atoms with E-state index in [0.29, 0.717) is 22.8 Å². The van der Waals surface area contributed by atoms with E-state index in [-0.39, 0.29) is 18.3 Å². The topological polar surface area (TPSA) is 88.3 Å². The molecule has 0 aliphatic carbocycles. The first kappa shape index (κ1) is 18.2. The van der Waals surface area contributed by atoms with E-state index in [1.807, 2.05) is 37.3 Å². The van der Waals surface area contributed by atoms with Crippen molar-refractivity contribution in [2.75, 3.05) is 0 Å². The maximum absolute atomic E-state index is 13.2. The highest BCUT2D eigenvalue weighted by Crippen LogP contribution is 2.33. The molecule has 28 heavy (non-hydrogen) atoms. The molecule has 1 N–H and O–H groups in total. The first-order valence-electron chi connectivity index (χ1n) is 8.81. The van der Waals surface area contributed by atoms with Crippen LogP contribution >= 0.6 is 11.6 Å². The molecule has 4 rings (SSSR count).